The zero-order chi connectivity index (χ0) is 18.1. The van der Waals surface area contributed by atoms with E-state index in [0.717, 1.165) is 16.9 Å². The highest BCUT2D eigenvalue weighted by Gasteiger charge is 2.08. The largest absolute Gasteiger partial charge is 0.481 e. The van der Waals surface area contributed by atoms with Gasteiger partial charge in [-0.15, -0.1) is 0 Å². The third-order valence-corrected chi connectivity index (χ3v) is 3.81. The summed E-state index contributed by atoms with van der Waals surface area (Å²) in [6.45, 7) is 2.36. The molecule has 5 nitrogen and oxygen atoms in total. The van der Waals surface area contributed by atoms with Crippen molar-refractivity contribution in [2.75, 3.05) is 0 Å². The predicted octanol–water partition coefficient (Wildman–Crippen LogP) is 4.05. The lowest BCUT2D eigenvalue weighted by Crippen LogP contribution is -2.22. The first kappa shape index (κ1) is 18.5. The smallest absolute Gasteiger partial charge is 0.303 e. The van der Waals surface area contributed by atoms with Gasteiger partial charge in [-0.3, -0.25) is 9.59 Å². The van der Waals surface area contributed by atoms with Gasteiger partial charge in [0, 0.05) is 24.9 Å². The predicted molar refractivity (Wildman–Crippen MR) is 95.6 cm³/mol. The highest BCUT2D eigenvalue weighted by molar-refractivity contribution is 5.76. The number of hydrogen-bond donors (Lipinski definition) is 2. The Balaban J connectivity index is 1.89. The van der Waals surface area contributed by atoms with Gasteiger partial charge in [-0.05, 0) is 37.5 Å². The maximum Gasteiger partial charge on any atom is 0.303 e. The Morgan fingerprint density at radius 1 is 0.960 bits per heavy atom. The highest BCUT2D eigenvalue weighted by atomic mass is 16.5. The van der Waals surface area contributed by atoms with Gasteiger partial charge in [0.15, 0.2) is 0 Å². The number of nitrogens with one attached hydrogen (secondary N) is 1. The van der Waals surface area contributed by atoms with E-state index in [1.807, 2.05) is 55.5 Å². The topological polar surface area (TPSA) is 75.6 Å². The number of carbonyl (C=O) groups is 2. The average molecular weight is 341 g/mol. The van der Waals surface area contributed by atoms with E-state index in [0.29, 0.717) is 31.6 Å². The van der Waals surface area contributed by atoms with E-state index in [2.05, 4.69) is 5.32 Å². The van der Waals surface area contributed by atoms with E-state index >= 15 is 0 Å². The van der Waals surface area contributed by atoms with E-state index in [4.69, 9.17) is 9.84 Å². The molecule has 2 aromatic rings. The van der Waals surface area contributed by atoms with Crippen LogP contribution in [0.2, 0.25) is 0 Å². The summed E-state index contributed by atoms with van der Waals surface area (Å²) in [7, 11) is 0. The normalized spacial score (nSPS) is 10.3. The molecule has 0 radical (unpaired) electrons. The number of ether oxygens (including phenoxy) is 1. The maximum atomic E-state index is 11.9. The van der Waals surface area contributed by atoms with Crippen molar-refractivity contribution < 1.29 is 19.4 Å². The van der Waals surface area contributed by atoms with Gasteiger partial charge < -0.3 is 15.2 Å². The number of rotatable bonds is 9. The minimum Gasteiger partial charge on any atom is -0.481 e. The van der Waals surface area contributed by atoms with Gasteiger partial charge >= 0.3 is 5.97 Å². The first-order valence-corrected chi connectivity index (χ1v) is 8.36. The number of carbonyl (C=O) groups excluding carboxylic acids is 1. The van der Waals surface area contributed by atoms with Crippen LogP contribution in [0.5, 0.6) is 11.5 Å². The number of aliphatic carboxylic acids is 1. The van der Waals surface area contributed by atoms with Gasteiger partial charge in [0.05, 0.1) is 0 Å². The quantitative estimate of drug-likeness (QED) is 0.675. The molecule has 5 heteroatoms. The van der Waals surface area contributed by atoms with Crippen LogP contribution >= 0.6 is 0 Å². The molecule has 0 spiro atoms. The average Bonchev–Trinajstić information content (AvgIpc) is 2.60. The van der Waals surface area contributed by atoms with Gasteiger partial charge in [0.25, 0.3) is 0 Å². The fourth-order valence-corrected chi connectivity index (χ4v) is 2.38. The highest BCUT2D eigenvalue weighted by Crippen LogP contribution is 2.27. The fraction of sp³-hybridized carbons (Fsp3) is 0.300. The number of hydrogen-bond acceptors (Lipinski definition) is 3. The van der Waals surface area contributed by atoms with Gasteiger partial charge in [-0.2, -0.15) is 0 Å². The Hall–Kier alpha value is -2.82. The third-order valence-electron chi connectivity index (χ3n) is 3.81. The Morgan fingerprint density at radius 3 is 2.32 bits per heavy atom. The van der Waals surface area contributed by atoms with E-state index in [9.17, 15) is 9.59 Å². The number of benzene rings is 2. The molecule has 2 N–H and O–H groups in total. The summed E-state index contributed by atoms with van der Waals surface area (Å²) in [6.07, 6.45) is 1.50. The Bertz CT molecular complexity index is 727. The second-order valence-electron chi connectivity index (χ2n) is 5.85. The van der Waals surface area contributed by atoms with E-state index in [-0.39, 0.29) is 12.3 Å². The summed E-state index contributed by atoms with van der Waals surface area (Å²) in [5.74, 6) is 0.580. The van der Waals surface area contributed by atoms with Gasteiger partial charge in [0.2, 0.25) is 5.91 Å². The van der Waals surface area contributed by atoms with Gasteiger partial charge in [-0.25, -0.2) is 0 Å². The van der Waals surface area contributed by atoms with Crippen molar-refractivity contribution in [2.45, 2.75) is 39.2 Å². The molecule has 0 aliphatic rings. The van der Waals surface area contributed by atoms with Crippen molar-refractivity contribution in [1.82, 2.24) is 5.32 Å². The molecule has 0 atom stereocenters. The summed E-state index contributed by atoms with van der Waals surface area (Å²) < 4.78 is 5.98. The van der Waals surface area contributed by atoms with Crippen molar-refractivity contribution >= 4 is 11.9 Å². The lowest BCUT2D eigenvalue weighted by Gasteiger charge is -2.13. The summed E-state index contributed by atoms with van der Waals surface area (Å²) in [5, 5.41) is 11.4. The minimum atomic E-state index is -0.831. The number of para-hydroxylation sites is 2. The molecule has 0 aromatic heterocycles. The van der Waals surface area contributed by atoms with E-state index < -0.39 is 5.97 Å². The van der Waals surface area contributed by atoms with Crippen molar-refractivity contribution in [3.63, 3.8) is 0 Å². The molecule has 0 fully saturated rings. The molecule has 0 saturated heterocycles. The lowest BCUT2D eigenvalue weighted by atomic mass is 10.1. The lowest BCUT2D eigenvalue weighted by molar-refractivity contribution is -0.137. The Kier molecular flexibility index (Phi) is 7.01. The van der Waals surface area contributed by atoms with Crippen molar-refractivity contribution in [2.24, 2.45) is 0 Å². The summed E-state index contributed by atoms with van der Waals surface area (Å²) >= 11 is 0. The van der Waals surface area contributed by atoms with Crippen LogP contribution in [0.3, 0.4) is 0 Å². The fourth-order valence-electron chi connectivity index (χ4n) is 2.38. The Morgan fingerprint density at radius 2 is 1.60 bits per heavy atom. The van der Waals surface area contributed by atoms with Gasteiger partial charge in [-0.1, -0.05) is 36.4 Å². The number of carboxylic acids is 1. The third kappa shape index (κ3) is 6.30. The van der Waals surface area contributed by atoms with Gasteiger partial charge in [0.1, 0.15) is 11.5 Å². The van der Waals surface area contributed by atoms with E-state index in [1.165, 1.54) is 0 Å². The van der Waals surface area contributed by atoms with Crippen LogP contribution in [0.25, 0.3) is 0 Å². The molecule has 0 aliphatic carbocycles. The second kappa shape index (κ2) is 9.47. The van der Waals surface area contributed by atoms with Crippen molar-refractivity contribution in [1.29, 1.82) is 0 Å². The van der Waals surface area contributed by atoms with Crippen LogP contribution in [0.15, 0.2) is 48.5 Å². The monoisotopic (exact) mass is 341 g/mol. The van der Waals surface area contributed by atoms with Crippen molar-refractivity contribution in [3.8, 4) is 11.5 Å². The SMILES string of the molecule is Cc1ccccc1Oc1ccccc1CNC(=O)CCCCC(=O)O. The molecule has 132 valence electrons. The van der Waals surface area contributed by atoms with Crippen LogP contribution in [-0.4, -0.2) is 17.0 Å². The molecule has 0 bridgehead atoms. The summed E-state index contributed by atoms with van der Waals surface area (Å²) in [6, 6.07) is 15.4. The molecule has 1 amide bonds. The zero-order valence-electron chi connectivity index (χ0n) is 14.3. The summed E-state index contributed by atoms with van der Waals surface area (Å²) in [5.41, 5.74) is 1.93. The first-order valence-electron chi connectivity index (χ1n) is 8.36. The molecular weight excluding hydrogens is 318 g/mol. The van der Waals surface area contributed by atoms with Crippen LogP contribution < -0.4 is 10.1 Å². The van der Waals surface area contributed by atoms with Crippen LogP contribution in [0.1, 0.15) is 36.8 Å². The van der Waals surface area contributed by atoms with Crippen LogP contribution in [-0.2, 0) is 16.1 Å². The molecule has 2 aromatic carbocycles. The van der Waals surface area contributed by atoms with Crippen LogP contribution in [0, 0.1) is 6.92 Å². The molecule has 0 heterocycles. The summed E-state index contributed by atoms with van der Waals surface area (Å²) in [4.78, 5) is 22.3. The molecule has 0 unspecified atom stereocenters. The first-order chi connectivity index (χ1) is 12.1. The number of amides is 1. The molecule has 0 saturated carbocycles. The molecule has 25 heavy (non-hydrogen) atoms. The second-order valence-corrected chi connectivity index (χ2v) is 5.85. The molecule has 2 rings (SSSR count). The Labute approximate surface area is 147 Å². The van der Waals surface area contributed by atoms with Crippen LogP contribution in [0.4, 0.5) is 0 Å². The molecule has 0 aliphatic heterocycles. The zero-order valence-corrected chi connectivity index (χ0v) is 14.3. The number of carboxylic acid groups (broad SMARTS) is 1. The number of aryl methyl sites for hydroxylation is 1. The van der Waals surface area contributed by atoms with E-state index in [1.54, 1.807) is 0 Å². The molecular formula is C20H23NO4. The number of unbranched alkanes of at least 4 members (excludes halogenated alkanes) is 1. The maximum absolute atomic E-state index is 11.9. The van der Waals surface area contributed by atoms with Crippen molar-refractivity contribution in [3.05, 3.63) is 59.7 Å². The minimum absolute atomic E-state index is 0.0870. The standard InChI is InChI=1S/C20H23NO4/c1-15-8-2-4-10-17(15)25-18-11-5-3-9-16(18)14-21-19(22)12-6-7-13-20(23)24/h2-5,8-11H,6-7,12-14H2,1H3,(H,21,22)(H,23,24).